The van der Waals surface area contributed by atoms with Gasteiger partial charge in [-0.15, -0.1) is 0 Å². The highest BCUT2D eigenvalue weighted by Gasteiger charge is 2.42. The predicted molar refractivity (Wildman–Crippen MR) is 43.0 cm³/mol. The molecule has 2 heterocycles. The van der Waals surface area contributed by atoms with Gasteiger partial charge in [0.15, 0.2) is 0 Å². The Bertz CT molecular complexity index is 200. The normalized spacial score (nSPS) is 37.5. The first kappa shape index (κ1) is 7.29. The van der Waals surface area contributed by atoms with Crippen molar-refractivity contribution >= 4 is 0 Å². The zero-order chi connectivity index (χ0) is 7.90. The minimum absolute atomic E-state index is 0.0755. The summed E-state index contributed by atoms with van der Waals surface area (Å²) in [7, 11) is 0. The zero-order valence-electron chi connectivity index (χ0n) is 6.94. The molecule has 0 radical (unpaired) electrons. The van der Waals surface area contributed by atoms with Crippen LogP contribution >= 0.6 is 0 Å². The minimum Gasteiger partial charge on any atom is -0.288 e. The number of halogens is 1. The van der Waals surface area contributed by atoms with Crippen LogP contribution in [0.4, 0.5) is 4.39 Å². The van der Waals surface area contributed by atoms with E-state index in [9.17, 15) is 4.39 Å². The molecule has 0 amide bonds. The molecule has 0 N–H and O–H groups in total. The summed E-state index contributed by atoms with van der Waals surface area (Å²) in [4.78, 5) is 2.27. The molecule has 0 aromatic rings. The fourth-order valence-corrected chi connectivity index (χ4v) is 2.38. The van der Waals surface area contributed by atoms with Crippen LogP contribution in [0.25, 0.3) is 0 Å². The van der Waals surface area contributed by atoms with Crippen molar-refractivity contribution in [2.24, 2.45) is 0 Å². The molecule has 1 unspecified atom stereocenters. The number of nitrogens with zero attached hydrogens (tertiary/aromatic N) is 1. The highest BCUT2D eigenvalue weighted by Crippen LogP contribution is 2.39. The molecule has 1 nitrogen and oxygen atoms in total. The Morgan fingerprint density at radius 3 is 3.18 bits per heavy atom. The Labute approximate surface area is 66.9 Å². The molecule has 2 heteroatoms. The molecule has 1 fully saturated rings. The fourth-order valence-electron chi connectivity index (χ4n) is 2.38. The highest BCUT2D eigenvalue weighted by molar-refractivity contribution is 5.21. The minimum atomic E-state index is 0.0755. The van der Waals surface area contributed by atoms with E-state index in [1.54, 1.807) is 0 Å². The topological polar surface area (TPSA) is 3.24 Å². The van der Waals surface area contributed by atoms with Crippen molar-refractivity contribution in [3.63, 3.8) is 0 Å². The summed E-state index contributed by atoms with van der Waals surface area (Å²) in [5.41, 5.74) is 0.115. The molecule has 2 rings (SSSR count). The van der Waals surface area contributed by atoms with Crippen molar-refractivity contribution in [1.29, 1.82) is 0 Å². The molecular weight excluding hydrogens is 141 g/mol. The van der Waals surface area contributed by atoms with Crippen LogP contribution in [0, 0.1) is 0 Å². The standard InChI is InChI=1S/C9H14FN/c1-2-9-4-3-5-11(9)7-8(10)6-9/h6H,2-5,7H2,1H3. The molecule has 0 aliphatic carbocycles. The van der Waals surface area contributed by atoms with Crippen LogP contribution in [0.1, 0.15) is 26.2 Å². The summed E-state index contributed by atoms with van der Waals surface area (Å²) < 4.78 is 12.9. The second kappa shape index (κ2) is 2.31. The van der Waals surface area contributed by atoms with E-state index in [1.807, 2.05) is 6.08 Å². The Balaban J connectivity index is 2.26. The Hall–Kier alpha value is -0.370. The van der Waals surface area contributed by atoms with Gasteiger partial charge in [0.05, 0.1) is 6.54 Å². The summed E-state index contributed by atoms with van der Waals surface area (Å²) in [6.45, 7) is 3.79. The maximum atomic E-state index is 12.9. The van der Waals surface area contributed by atoms with Gasteiger partial charge in [0.25, 0.3) is 0 Å². The summed E-state index contributed by atoms with van der Waals surface area (Å²) in [6.07, 6.45) is 5.27. The summed E-state index contributed by atoms with van der Waals surface area (Å²) in [5, 5.41) is 0. The maximum absolute atomic E-state index is 12.9. The lowest BCUT2D eigenvalue weighted by Crippen LogP contribution is -2.37. The Morgan fingerprint density at radius 2 is 2.55 bits per heavy atom. The Morgan fingerprint density at radius 1 is 1.73 bits per heavy atom. The first-order valence-corrected chi connectivity index (χ1v) is 4.39. The van der Waals surface area contributed by atoms with Gasteiger partial charge in [0, 0.05) is 5.54 Å². The van der Waals surface area contributed by atoms with E-state index in [0.29, 0.717) is 6.54 Å². The van der Waals surface area contributed by atoms with Gasteiger partial charge in [-0.3, -0.25) is 4.90 Å². The van der Waals surface area contributed by atoms with Gasteiger partial charge in [-0.05, 0) is 31.9 Å². The molecule has 1 saturated heterocycles. The molecule has 2 aliphatic heterocycles. The third-order valence-electron chi connectivity index (χ3n) is 3.05. The predicted octanol–water partition coefficient (Wildman–Crippen LogP) is 2.10. The van der Waals surface area contributed by atoms with Gasteiger partial charge < -0.3 is 0 Å². The van der Waals surface area contributed by atoms with E-state index < -0.39 is 0 Å². The zero-order valence-corrected chi connectivity index (χ0v) is 6.94. The second-order valence-corrected chi connectivity index (χ2v) is 3.57. The Kier molecular flexibility index (Phi) is 1.53. The van der Waals surface area contributed by atoms with Crippen LogP contribution in [0.5, 0.6) is 0 Å². The quantitative estimate of drug-likeness (QED) is 0.560. The lowest BCUT2D eigenvalue weighted by molar-refractivity contribution is 0.214. The first-order chi connectivity index (χ1) is 5.27. The maximum Gasteiger partial charge on any atom is 0.112 e. The smallest absolute Gasteiger partial charge is 0.112 e. The van der Waals surface area contributed by atoms with Crippen LogP contribution in [-0.4, -0.2) is 23.5 Å². The van der Waals surface area contributed by atoms with Gasteiger partial charge in [-0.25, -0.2) is 4.39 Å². The van der Waals surface area contributed by atoms with Crippen LogP contribution in [-0.2, 0) is 0 Å². The number of rotatable bonds is 1. The molecule has 11 heavy (non-hydrogen) atoms. The van der Waals surface area contributed by atoms with Crippen LogP contribution in [0.3, 0.4) is 0 Å². The molecule has 1 atom stereocenters. The van der Waals surface area contributed by atoms with Crippen molar-refractivity contribution in [1.82, 2.24) is 4.90 Å². The molecule has 0 saturated carbocycles. The molecule has 0 aromatic heterocycles. The summed E-state index contributed by atoms with van der Waals surface area (Å²) in [6, 6.07) is 0. The first-order valence-electron chi connectivity index (χ1n) is 4.39. The van der Waals surface area contributed by atoms with E-state index in [1.165, 1.54) is 6.42 Å². The molecular formula is C9H14FN. The van der Waals surface area contributed by atoms with Crippen molar-refractivity contribution in [3.8, 4) is 0 Å². The monoisotopic (exact) mass is 155 g/mol. The van der Waals surface area contributed by atoms with Crippen LogP contribution in [0.2, 0.25) is 0 Å². The van der Waals surface area contributed by atoms with Gasteiger partial charge in [0.2, 0.25) is 0 Å². The number of hydrogen-bond acceptors (Lipinski definition) is 1. The van der Waals surface area contributed by atoms with Crippen molar-refractivity contribution in [3.05, 3.63) is 11.9 Å². The van der Waals surface area contributed by atoms with E-state index in [-0.39, 0.29) is 11.4 Å². The molecule has 0 spiro atoms. The van der Waals surface area contributed by atoms with Gasteiger partial charge in [-0.1, -0.05) is 6.92 Å². The van der Waals surface area contributed by atoms with E-state index in [0.717, 1.165) is 19.4 Å². The second-order valence-electron chi connectivity index (χ2n) is 3.57. The van der Waals surface area contributed by atoms with Crippen molar-refractivity contribution in [2.75, 3.05) is 13.1 Å². The average Bonchev–Trinajstić information content (AvgIpc) is 2.43. The SMILES string of the molecule is CCC12C=C(F)CN1CCC2. The third-order valence-corrected chi connectivity index (χ3v) is 3.05. The van der Waals surface area contributed by atoms with E-state index in [2.05, 4.69) is 11.8 Å². The molecule has 62 valence electrons. The van der Waals surface area contributed by atoms with Crippen molar-refractivity contribution in [2.45, 2.75) is 31.7 Å². The molecule has 2 aliphatic rings. The molecule has 0 aromatic carbocycles. The van der Waals surface area contributed by atoms with Gasteiger partial charge in [0.1, 0.15) is 5.83 Å². The molecule has 0 bridgehead atoms. The van der Waals surface area contributed by atoms with E-state index >= 15 is 0 Å². The lowest BCUT2D eigenvalue weighted by Gasteiger charge is -2.29. The van der Waals surface area contributed by atoms with Gasteiger partial charge >= 0.3 is 0 Å². The number of fused-ring (bicyclic) bond motifs is 1. The number of hydrogen-bond donors (Lipinski definition) is 0. The summed E-state index contributed by atoms with van der Waals surface area (Å²) >= 11 is 0. The largest absolute Gasteiger partial charge is 0.288 e. The fraction of sp³-hybridized carbons (Fsp3) is 0.778. The lowest BCUT2D eigenvalue weighted by atomic mass is 9.95. The third kappa shape index (κ3) is 0.924. The van der Waals surface area contributed by atoms with Gasteiger partial charge in [-0.2, -0.15) is 0 Å². The summed E-state index contributed by atoms with van der Waals surface area (Å²) in [5.74, 6) is 0.0755. The van der Waals surface area contributed by atoms with Crippen LogP contribution < -0.4 is 0 Å². The van der Waals surface area contributed by atoms with Crippen molar-refractivity contribution < 1.29 is 4.39 Å². The van der Waals surface area contributed by atoms with Crippen LogP contribution in [0.15, 0.2) is 11.9 Å². The average molecular weight is 155 g/mol. The van der Waals surface area contributed by atoms with E-state index in [4.69, 9.17) is 0 Å². The highest BCUT2D eigenvalue weighted by atomic mass is 19.1.